The molecule has 1 aromatic carbocycles. The van der Waals surface area contributed by atoms with Gasteiger partial charge in [-0.25, -0.2) is 9.97 Å². The SMILES string of the molecule is CCN(c1ccc(-n2ncc(NC)c(Cl)c2=O)cc1)c1cnc(F)cn1. The molecule has 3 rings (SSSR count). The molecule has 0 atom stereocenters. The van der Waals surface area contributed by atoms with Crippen LogP contribution in [0.5, 0.6) is 0 Å². The number of benzene rings is 1. The highest BCUT2D eigenvalue weighted by Gasteiger charge is 2.12. The Morgan fingerprint density at radius 2 is 1.92 bits per heavy atom. The summed E-state index contributed by atoms with van der Waals surface area (Å²) < 4.78 is 14.2. The molecule has 3 aromatic rings. The topological polar surface area (TPSA) is 75.9 Å². The van der Waals surface area contributed by atoms with E-state index in [1.165, 1.54) is 17.1 Å². The van der Waals surface area contributed by atoms with Crippen molar-refractivity contribution in [1.82, 2.24) is 19.7 Å². The number of nitrogens with one attached hydrogen (secondary N) is 1. The van der Waals surface area contributed by atoms with Crippen LogP contribution in [0, 0.1) is 5.95 Å². The van der Waals surface area contributed by atoms with Crippen LogP contribution in [0.4, 0.5) is 21.6 Å². The molecule has 9 heteroatoms. The minimum atomic E-state index is -0.632. The van der Waals surface area contributed by atoms with Crippen molar-refractivity contribution in [1.29, 1.82) is 0 Å². The number of aromatic nitrogens is 4. The van der Waals surface area contributed by atoms with E-state index in [0.717, 1.165) is 11.9 Å². The number of hydrogen-bond acceptors (Lipinski definition) is 6. The summed E-state index contributed by atoms with van der Waals surface area (Å²) in [5.74, 6) is -0.106. The maximum atomic E-state index is 13.0. The fourth-order valence-corrected chi connectivity index (χ4v) is 2.71. The van der Waals surface area contributed by atoms with Gasteiger partial charge in [-0.1, -0.05) is 11.6 Å². The molecule has 7 nitrogen and oxygen atoms in total. The van der Waals surface area contributed by atoms with Crippen LogP contribution in [0.1, 0.15) is 6.92 Å². The number of halogens is 2. The van der Waals surface area contributed by atoms with Gasteiger partial charge in [0.25, 0.3) is 5.56 Å². The summed E-state index contributed by atoms with van der Waals surface area (Å²) in [7, 11) is 1.67. The van der Waals surface area contributed by atoms with Crippen LogP contribution < -0.4 is 15.8 Å². The molecular formula is C17H16ClFN6O. The van der Waals surface area contributed by atoms with E-state index in [1.807, 2.05) is 24.0 Å². The Hall–Kier alpha value is -3.00. The molecule has 2 aromatic heterocycles. The second-order valence-electron chi connectivity index (χ2n) is 5.30. The largest absolute Gasteiger partial charge is 0.385 e. The third-order valence-electron chi connectivity index (χ3n) is 3.79. The average Bonchev–Trinajstić information content (AvgIpc) is 2.67. The van der Waals surface area contributed by atoms with Crippen LogP contribution >= 0.6 is 11.6 Å². The highest BCUT2D eigenvalue weighted by atomic mass is 35.5. The Labute approximate surface area is 154 Å². The van der Waals surface area contributed by atoms with Gasteiger partial charge in [-0.05, 0) is 31.2 Å². The van der Waals surface area contributed by atoms with E-state index in [9.17, 15) is 9.18 Å². The minimum absolute atomic E-state index is 0.0725. The molecule has 26 heavy (non-hydrogen) atoms. The molecule has 0 unspecified atom stereocenters. The third kappa shape index (κ3) is 3.36. The van der Waals surface area contributed by atoms with Crippen LogP contribution in [0.3, 0.4) is 0 Å². The first kappa shape index (κ1) is 17.8. The fourth-order valence-electron chi connectivity index (χ4n) is 2.49. The van der Waals surface area contributed by atoms with E-state index >= 15 is 0 Å². The molecule has 0 saturated heterocycles. The second-order valence-corrected chi connectivity index (χ2v) is 5.68. The summed E-state index contributed by atoms with van der Waals surface area (Å²) in [5.41, 5.74) is 1.45. The van der Waals surface area contributed by atoms with Crippen molar-refractivity contribution < 1.29 is 4.39 Å². The number of hydrogen-bond donors (Lipinski definition) is 1. The molecule has 2 heterocycles. The maximum absolute atomic E-state index is 13.0. The van der Waals surface area contributed by atoms with E-state index < -0.39 is 11.5 Å². The lowest BCUT2D eigenvalue weighted by Crippen LogP contribution is -2.22. The Morgan fingerprint density at radius 3 is 2.50 bits per heavy atom. The van der Waals surface area contributed by atoms with Crippen molar-refractivity contribution >= 4 is 28.8 Å². The van der Waals surface area contributed by atoms with E-state index in [2.05, 4.69) is 20.4 Å². The fraction of sp³-hybridized carbons (Fsp3) is 0.176. The van der Waals surface area contributed by atoms with Crippen LogP contribution in [-0.4, -0.2) is 33.3 Å². The standard InChI is InChI=1S/C17H16ClFN6O/c1-3-24(15-10-21-14(19)9-22-15)11-4-6-12(7-5-11)25-17(26)16(18)13(20-2)8-23-25/h4-10,20H,3H2,1-2H3. The van der Waals surface area contributed by atoms with Gasteiger partial charge in [-0.3, -0.25) is 4.79 Å². The number of nitrogens with zero attached hydrogens (tertiary/aromatic N) is 5. The average molecular weight is 375 g/mol. The molecular weight excluding hydrogens is 359 g/mol. The second kappa shape index (κ2) is 7.49. The van der Waals surface area contributed by atoms with E-state index in [0.29, 0.717) is 23.7 Å². The van der Waals surface area contributed by atoms with Gasteiger partial charge in [0, 0.05) is 19.3 Å². The summed E-state index contributed by atoms with van der Waals surface area (Å²) in [5, 5.41) is 7.01. The summed E-state index contributed by atoms with van der Waals surface area (Å²) in [6, 6.07) is 7.13. The monoisotopic (exact) mass is 374 g/mol. The van der Waals surface area contributed by atoms with Gasteiger partial charge in [-0.15, -0.1) is 0 Å². The lowest BCUT2D eigenvalue weighted by Gasteiger charge is -2.21. The molecule has 0 aliphatic carbocycles. The van der Waals surface area contributed by atoms with E-state index in [-0.39, 0.29) is 5.02 Å². The molecule has 0 aliphatic heterocycles. The van der Waals surface area contributed by atoms with Crippen LogP contribution in [0.25, 0.3) is 5.69 Å². The van der Waals surface area contributed by atoms with Gasteiger partial charge < -0.3 is 10.2 Å². The minimum Gasteiger partial charge on any atom is -0.385 e. The van der Waals surface area contributed by atoms with E-state index in [1.54, 1.807) is 19.2 Å². The van der Waals surface area contributed by atoms with Crippen LogP contribution in [0.15, 0.2) is 47.7 Å². The Kier molecular flexibility index (Phi) is 5.13. The molecule has 0 bridgehead atoms. The molecule has 0 fully saturated rings. The third-order valence-corrected chi connectivity index (χ3v) is 4.16. The normalized spacial score (nSPS) is 10.6. The predicted octanol–water partition coefficient (Wildman–Crippen LogP) is 3.01. The maximum Gasteiger partial charge on any atom is 0.292 e. The molecule has 134 valence electrons. The first-order chi connectivity index (χ1) is 12.5. The molecule has 0 spiro atoms. The van der Waals surface area contributed by atoms with Gasteiger partial charge in [-0.2, -0.15) is 14.2 Å². The van der Waals surface area contributed by atoms with Crippen LogP contribution in [-0.2, 0) is 0 Å². The quantitative estimate of drug-likeness (QED) is 0.739. The first-order valence-electron chi connectivity index (χ1n) is 7.86. The lowest BCUT2D eigenvalue weighted by molar-refractivity contribution is 0.576. The summed E-state index contributed by atoms with van der Waals surface area (Å²) in [6.45, 7) is 2.56. The molecule has 1 N–H and O–H groups in total. The summed E-state index contributed by atoms with van der Waals surface area (Å²) in [6.07, 6.45) is 3.93. The highest BCUT2D eigenvalue weighted by molar-refractivity contribution is 6.32. The van der Waals surface area contributed by atoms with Crippen molar-refractivity contribution in [2.75, 3.05) is 23.8 Å². The Bertz CT molecular complexity index is 958. The zero-order valence-electron chi connectivity index (χ0n) is 14.1. The number of rotatable bonds is 5. The molecule has 0 saturated carbocycles. The van der Waals surface area contributed by atoms with Gasteiger partial charge in [0.15, 0.2) is 5.82 Å². The smallest absolute Gasteiger partial charge is 0.292 e. The summed E-state index contributed by atoms with van der Waals surface area (Å²) >= 11 is 6.06. The predicted molar refractivity (Wildman–Crippen MR) is 99.1 cm³/mol. The number of anilines is 3. The van der Waals surface area contributed by atoms with Crippen molar-refractivity contribution in [2.45, 2.75) is 6.92 Å². The Balaban J connectivity index is 1.94. The zero-order valence-corrected chi connectivity index (χ0v) is 14.9. The van der Waals surface area contributed by atoms with E-state index in [4.69, 9.17) is 11.6 Å². The van der Waals surface area contributed by atoms with Crippen molar-refractivity contribution in [3.05, 3.63) is 64.2 Å². The van der Waals surface area contributed by atoms with Gasteiger partial charge in [0.1, 0.15) is 5.02 Å². The van der Waals surface area contributed by atoms with Crippen molar-refractivity contribution in [3.8, 4) is 5.69 Å². The van der Waals surface area contributed by atoms with Gasteiger partial charge in [0.05, 0.1) is 30.0 Å². The molecule has 0 aliphatic rings. The zero-order chi connectivity index (χ0) is 18.7. The van der Waals surface area contributed by atoms with Crippen LogP contribution in [0.2, 0.25) is 5.02 Å². The molecule has 0 amide bonds. The van der Waals surface area contributed by atoms with Crippen molar-refractivity contribution in [2.24, 2.45) is 0 Å². The highest BCUT2D eigenvalue weighted by Crippen LogP contribution is 2.24. The molecule has 0 radical (unpaired) electrons. The Morgan fingerprint density at radius 1 is 1.19 bits per heavy atom. The first-order valence-corrected chi connectivity index (χ1v) is 8.24. The van der Waals surface area contributed by atoms with Crippen molar-refractivity contribution in [3.63, 3.8) is 0 Å². The summed E-state index contributed by atoms with van der Waals surface area (Å²) in [4.78, 5) is 21.9. The van der Waals surface area contributed by atoms with Gasteiger partial charge in [0.2, 0.25) is 5.95 Å². The lowest BCUT2D eigenvalue weighted by atomic mass is 10.2. The van der Waals surface area contributed by atoms with Gasteiger partial charge >= 0.3 is 0 Å².